The smallest absolute Gasteiger partial charge is 0.261 e. The maximum absolute atomic E-state index is 12.7. The van der Waals surface area contributed by atoms with Gasteiger partial charge in [0.1, 0.15) is 5.75 Å². The van der Waals surface area contributed by atoms with E-state index in [0.29, 0.717) is 18.8 Å². The van der Waals surface area contributed by atoms with Crippen LogP contribution in [-0.2, 0) is 21.4 Å². The third kappa shape index (κ3) is 6.75. The highest BCUT2D eigenvalue weighted by Crippen LogP contribution is 2.28. The van der Waals surface area contributed by atoms with Gasteiger partial charge in [-0.1, -0.05) is 59.6 Å². The number of halogens is 1. The number of nitrogens with zero attached hydrogens (tertiary/aromatic N) is 2. The van der Waals surface area contributed by atoms with E-state index in [0.717, 1.165) is 25.2 Å². The Morgan fingerprint density at radius 2 is 1.66 bits per heavy atom. The summed E-state index contributed by atoms with van der Waals surface area (Å²) in [5.74, 6) is 0.134. The highest BCUT2D eigenvalue weighted by Gasteiger charge is 2.22. The molecule has 1 amide bonds. The van der Waals surface area contributed by atoms with E-state index in [4.69, 9.17) is 16.3 Å². The predicted octanol–water partition coefficient (Wildman–Crippen LogP) is 4.17. The predicted molar refractivity (Wildman–Crippen MR) is 137 cm³/mol. The lowest BCUT2D eigenvalue weighted by atomic mass is 10.2. The number of piperazine rings is 1. The molecule has 0 bridgehead atoms. The zero-order valence-electron chi connectivity index (χ0n) is 19.5. The SMILES string of the molecule is Cc1ccc(NS(=O)(=O)c2ccc(OCC(=O)N3CCN(Cc4ccccc4)CC3)c(Cl)c2)cc1. The first kappa shape index (κ1) is 25.0. The first-order chi connectivity index (χ1) is 16.8. The molecular weight excluding hydrogens is 486 g/mol. The maximum Gasteiger partial charge on any atom is 0.261 e. The van der Waals surface area contributed by atoms with Gasteiger partial charge < -0.3 is 9.64 Å². The van der Waals surface area contributed by atoms with Crippen LogP contribution in [0.1, 0.15) is 11.1 Å². The fourth-order valence-corrected chi connectivity index (χ4v) is 5.21. The average Bonchev–Trinajstić information content (AvgIpc) is 2.85. The largest absolute Gasteiger partial charge is 0.482 e. The molecule has 1 aliphatic rings. The third-order valence-corrected chi connectivity index (χ3v) is 7.52. The van der Waals surface area contributed by atoms with Crippen molar-refractivity contribution in [2.45, 2.75) is 18.4 Å². The van der Waals surface area contributed by atoms with Gasteiger partial charge in [0.2, 0.25) is 0 Å². The molecule has 0 spiro atoms. The van der Waals surface area contributed by atoms with Crippen LogP contribution in [0.4, 0.5) is 5.69 Å². The van der Waals surface area contributed by atoms with Crippen molar-refractivity contribution in [1.82, 2.24) is 9.80 Å². The minimum absolute atomic E-state index is 0.0105. The number of sulfonamides is 1. The van der Waals surface area contributed by atoms with Gasteiger partial charge in [0.05, 0.1) is 9.92 Å². The molecule has 35 heavy (non-hydrogen) atoms. The molecule has 0 aromatic heterocycles. The molecule has 1 fully saturated rings. The number of amides is 1. The molecule has 184 valence electrons. The molecule has 4 rings (SSSR count). The Morgan fingerprint density at radius 3 is 2.31 bits per heavy atom. The molecule has 7 nitrogen and oxygen atoms in total. The lowest BCUT2D eigenvalue weighted by Crippen LogP contribution is -2.49. The van der Waals surface area contributed by atoms with Gasteiger partial charge in [-0.05, 0) is 42.8 Å². The van der Waals surface area contributed by atoms with Crippen molar-refractivity contribution >= 4 is 33.2 Å². The summed E-state index contributed by atoms with van der Waals surface area (Å²) in [7, 11) is -3.81. The van der Waals surface area contributed by atoms with Crippen molar-refractivity contribution in [3.8, 4) is 5.75 Å². The Bertz CT molecular complexity index is 1260. The molecule has 1 aliphatic heterocycles. The molecule has 1 saturated heterocycles. The van der Waals surface area contributed by atoms with Gasteiger partial charge in [-0.15, -0.1) is 0 Å². The number of rotatable bonds is 8. The van der Waals surface area contributed by atoms with E-state index in [9.17, 15) is 13.2 Å². The number of carbonyl (C=O) groups is 1. The van der Waals surface area contributed by atoms with Gasteiger partial charge in [-0.2, -0.15) is 0 Å². The molecule has 3 aromatic rings. The first-order valence-electron chi connectivity index (χ1n) is 11.4. The summed E-state index contributed by atoms with van der Waals surface area (Å²) >= 11 is 6.28. The van der Waals surface area contributed by atoms with Crippen molar-refractivity contribution < 1.29 is 17.9 Å². The Labute approximate surface area is 211 Å². The summed E-state index contributed by atoms with van der Waals surface area (Å²) in [4.78, 5) is 16.7. The Hall–Kier alpha value is -3.07. The van der Waals surface area contributed by atoms with Crippen molar-refractivity contribution in [2.24, 2.45) is 0 Å². The van der Waals surface area contributed by atoms with Crippen LogP contribution in [0.2, 0.25) is 5.02 Å². The van der Waals surface area contributed by atoms with Crippen LogP contribution in [0.5, 0.6) is 5.75 Å². The van der Waals surface area contributed by atoms with Crippen LogP contribution in [0.3, 0.4) is 0 Å². The molecule has 0 aliphatic carbocycles. The normalized spacial score (nSPS) is 14.5. The summed E-state index contributed by atoms with van der Waals surface area (Å²) in [6, 6.07) is 21.5. The third-order valence-electron chi connectivity index (χ3n) is 5.84. The van der Waals surface area contributed by atoms with Crippen LogP contribution in [0.25, 0.3) is 0 Å². The Kier molecular flexibility index (Phi) is 7.95. The minimum atomic E-state index is -3.81. The Morgan fingerprint density at radius 1 is 0.971 bits per heavy atom. The van der Waals surface area contributed by atoms with Gasteiger partial charge >= 0.3 is 0 Å². The summed E-state index contributed by atoms with van der Waals surface area (Å²) < 4.78 is 33.5. The minimum Gasteiger partial charge on any atom is -0.482 e. The number of hydrogen-bond acceptors (Lipinski definition) is 5. The number of benzene rings is 3. The number of nitrogens with one attached hydrogen (secondary N) is 1. The lowest BCUT2D eigenvalue weighted by Gasteiger charge is -2.34. The highest BCUT2D eigenvalue weighted by atomic mass is 35.5. The van der Waals surface area contributed by atoms with Gasteiger partial charge in [0.15, 0.2) is 6.61 Å². The van der Waals surface area contributed by atoms with Crippen LogP contribution in [-0.4, -0.2) is 56.9 Å². The molecule has 9 heteroatoms. The van der Waals surface area contributed by atoms with Crippen LogP contribution < -0.4 is 9.46 Å². The molecule has 1 N–H and O–H groups in total. The van der Waals surface area contributed by atoms with E-state index in [1.807, 2.05) is 37.3 Å². The molecule has 0 unspecified atom stereocenters. The molecule has 0 saturated carbocycles. The number of carbonyl (C=O) groups excluding carboxylic acids is 1. The molecule has 0 radical (unpaired) electrons. The van der Waals surface area contributed by atoms with Crippen molar-refractivity contribution in [3.05, 3.63) is 88.9 Å². The van der Waals surface area contributed by atoms with Crippen molar-refractivity contribution in [3.63, 3.8) is 0 Å². The number of anilines is 1. The fraction of sp³-hybridized carbons (Fsp3) is 0.269. The molecule has 3 aromatic carbocycles. The van der Waals surface area contributed by atoms with E-state index < -0.39 is 10.0 Å². The lowest BCUT2D eigenvalue weighted by molar-refractivity contribution is -0.135. The summed E-state index contributed by atoms with van der Waals surface area (Å²) in [5.41, 5.74) is 2.74. The number of ether oxygens (including phenoxy) is 1. The first-order valence-corrected chi connectivity index (χ1v) is 13.2. The van der Waals surface area contributed by atoms with Crippen molar-refractivity contribution in [1.29, 1.82) is 0 Å². The molecule has 1 heterocycles. The van der Waals surface area contributed by atoms with Crippen LogP contribution >= 0.6 is 11.6 Å². The van der Waals surface area contributed by atoms with Crippen molar-refractivity contribution in [2.75, 3.05) is 37.5 Å². The second-order valence-corrected chi connectivity index (χ2v) is 10.6. The highest BCUT2D eigenvalue weighted by molar-refractivity contribution is 7.92. The fourth-order valence-electron chi connectivity index (χ4n) is 3.83. The summed E-state index contributed by atoms with van der Waals surface area (Å²) in [5, 5.41) is 0.122. The van der Waals surface area contributed by atoms with Gasteiger partial charge in [0, 0.05) is 38.4 Å². The van der Waals surface area contributed by atoms with E-state index >= 15 is 0 Å². The molecular formula is C26H28ClN3O4S. The topological polar surface area (TPSA) is 78.9 Å². The maximum atomic E-state index is 12.7. The number of hydrogen-bond donors (Lipinski definition) is 1. The Balaban J connectivity index is 1.29. The monoisotopic (exact) mass is 513 g/mol. The zero-order valence-corrected chi connectivity index (χ0v) is 21.1. The van der Waals surface area contributed by atoms with E-state index in [1.54, 1.807) is 17.0 Å². The van der Waals surface area contributed by atoms with E-state index in [-0.39, 0.29) is 28.2 Å². The quantitative estimate of drug-likeness (QED) is 0.489. The average molecular weight is 514 g/mol. The van der Waals surface area contributed by atoms with Gasteiger partial charge in [-0.3, -0.25) is 14.4 Å². The number of aryl methyl sites for hydroxylation is 1. The molecule has 0 atom stereocenters. The van der Waals surface area contributed by atoms with Gasteiger partial charge in [-0.25, -0.2) is 8.42 Å². The second-order valence-electron chi connectivity index (χ2n) is 8.49. The van der Waals surface area contributed by atoms with Crippen LogP contribution in [0, 0.1) is 6.92 Å². The second kappa shape index (κ2) is 11.1. The van der Waals surface area contributed by atoms with Gasteiger partial charge in [0.25, 0.3) is 15.9 Å². The van der Waals surface area contributed by atoms with E-state index in [1.165, 1.54) is 23.8 Å². The van der Waals surface area contributed by atoms with Crippen LogP contribution in [0.15, 0.2) is 77.7 Å². The summed E-state index contributed by atoms with van der Waals surface area (Å²) in [6.45, 7) is 5.47. The summed E-state index contributed by atoms with van der Waals surface area (Å²) in [6.07, 6.45) is 0. The standard InChI is InChI=1S/C26H28ClN3O4S/c1-20-7-9-22(10-8-20)28-35(32,33)23-11-12-25(24(27)17-23)34-19-26(31)30-15-13-29(14-16-30)18-21-5-3-2-4-6-21/h2-12,17,28H,13-16,18-19H2,1H3. The van der Waals surface area contributed by atoms with E-state index in [2.05, 4.69) is 21.8 Å². The zero-order chi connectivity index (χ0) is 24.8.